The normalized spacial score (nSPS) is 33.4. The van der Waals surface area contributed by atoms with Crippen LogP contribution < -0.4 is 21.4 Å². The molecule has 0 bridgehead atoms. The van der Waals surface area contributed by atoms with Crippen LogP contribution in [-0.2, 0) is 4.74 Å². The molecule has 5 atom stereocenters. The van der Waals surface area contributed by atoms with Crippen molar-refractivity contribution >= 4 is 11.6 Å². The first-order valence-corrected chi connectivity index (χ1v) is 11.9. The van der Waals surface area contributed by atoms with Crippen molar-refractivity contribution in [3.63, 3.8) is 0 Å². The summed E-state index contributed by atoms with van der Waals surface area (Å²) in [6, 6.07) is 0.201. The van der Waals surface area contributed by atoms with Gasteiger partial charge in [-0.25, -0.2) is 9.82 Å². The maximum atomic E-state index is 13.6. The first-order chi connectivity index (χ1) is 15.0. The van der Waals surface area contributed by atoms with Crippen LogP contribution in [0.4, 0.5) is 4.39 Å². The fraction of sp³-hybridized carbons (Fsp3) is 0.810. The summed E-state index contributed by atoms with van der Waals surface area (Å²) in [6.45, 7) is 8.08. The van der Waals surface area contributed by atoms with Crippen LogP contribution in [-0.4, -0.2) is 90.9 Å². The van der Waals surface area contributed by atoms with Gasteiger partial charge < -0.3 is 14.9 Å². The number of morpholine rings is 1. The highest BCUT2D eigenvalue weighted by molar-refractivity contribution is 6.22. The van der Waals surface area contributed by atoms with Gasteiger partial charge in [-0.15, -0.1) is 11.6 Å². The van der Waals surface area contributed by atoms with Gasteiger partial charge in [-0.05, 0) is 50.8 Å². The molecule has 0 aromatic carbocycles. The van der Waals surface area contributed by atoms with Crippen LogP contribution >= 0.6 is 11.6 Å². The number of hydrogen-bond acceptors (Lipinski definition) is 8. The molecule has 3 heterocycles. The van der Waals surface area contributed by atoms with E-state index in [2.05, 4.69) is 38.2 Å². The summed E-state index contributed by atoms with van der Waals surface area (Å²) in [5.41, 5.74) is 5.71. The van der Waals surface area contributed by atoms with Crippen molar-refractivity contribution in [3.8, 4) is 0 Å². The number of aliphatic hydroxyl groups is 1. The Morgan fingerprint density at radius 1 is 1.39 bits per heavy atom. The fourth-order valence-corrected chi connectivity index (χ4v) is 5.16. The van der Waals surface area contributed by atoms with E-state index in [0.29, 0.717) is 19.5 Å². The quantitative estimate of drug-likeness (QED) is 0.267. The van der Waals surface area contributed by atoms with Crippen molar-refractivity contribution in [3.05, 3.63) is 23.2 Å². The maximum absolute atomic E-state index is 13.6. The Balaban J connectivity index is 1.29. The molecule has 10 heteroatoms. The number of nitrogens with zero attached hydrogens (tertiary/aromatic N) is 2. The lowest BCUT2D eigenvalue weighted by atomic mass is 9.99. The Hall–Kier alpha value is -0.780. The highest BCUT2D eigenvalue weighted by Gasteiger charge is 2.37. The third-order valence-electron chi connectivity index (χ3n) is 6.67. The van der Waals surface area contributed by atoms with Crippen molar-refractivity contribution in [2.45, 2.75) is 62.5 Å². The minimum absolute atomic E-state index is 0.0325. The zero-order chi connectivity index (χ0) is 21.8. The Morgan fingerprint density at radius 2 is 2.19 bits per heavy atom. The summed E-state index contributed by atoms with van der Waals surface area (Å²) < 4.78 is 19.0. The highest BCUT2D eigenvalue weighted by atomic mass is 35.5. The van der Waals surface area contributed by atoms with Gasteiger partial charge in [0.2, 0.25) is 0 Å². The van der Waals surface area contributed by atoms with Crippen LogP contribution in [0, 0.1) is 0 Å². The molecule has 0 aromatic heterocycles. The molecule has 0 aromatic rings. The molecule has 176 valence electrons. The lowest BCUT2D eigenvalue weighted by Crippen LogP contribution is -2.61. The number of hydrazine groups is 1. The molecule has 0 saturated carbocycles. The van der Waals surface area contributed by atoms with Gasteiger partial charge in [0.25, 0.3) is 0 Å². The van der Waals surface area contributed by atoms with Crippen molar-refractivity contribution in [2.75, 3.05) is 46.1 Å². The summed E-state index contributed by atoms with van der Waals surface area (Å²) >= 11 is 6.11. The van der Waals surface area contributed by atoms with Crippen molar-refractivity contribution in [1.29, 1.82) is 0 Å². The number of alkyl halides is 1. The molecule has 2 saturated heterocycles. The average Bonchev–Trinajstić information content (AvgIpc) is 3.08. The zero-order valence-electron chi connectivity index (χ0n) is 18.2. The van der Waals surface area contributed by atoms with Gasteiger partial charge in [0.1, 0.15) is 18.2 Å². The summed E-state index contributed by atoms with van der Waals surface area (Å²) in [6.07, 6.45) is 3.91. The van der Waals surface area contributed by atoms with E-state index in [-0.39, 0.29) is 24.1 Å². The van der Waals surface area contributed by atoms with E-state index in [9.17, 15) is 9.50 Å². The number of ether oxygens (including phenoxy) is 1. The van der Waals surface area contributed by atoms with Crippen LogP contribution in [0.1, 0.15) is 32.6 Å². The maximum Gasteiger partial charge on any atom is 0.114 e. The van der Waals surface area contributed by atoms with E-state index in [0.717, 1.165) is 57.9 Å². The van der Waals surface area contributed by atoms with Crippen LogP contribution in [0.2, 0.25) is 0 Å². The van der Waals surface area contributed by atoms with E-state index in [1.54, 1.807) is 6.08 Å². The van der Waals surface area contributed by atoms with Gasteiger partial charge in [-0.1, -0.05) is 0 Å². The molecular weight excluding hydrogens is 423 g/mol. The van der Waals surface area contributed by atoms with Crippen LogP contribution in [0.25, 0.3) is 0 Å². The minimum Gasteiger partial charge on any atom is -0.379 e. The first-order valence-electron chi connectivity index (χ1n) is 11.5. The van der Waals surface area contributed by atoms with E-state index >= 15 is 0 Å². The van der Waals surface area contributed by atoms with Gasteiger partial charge in [0.05, 0.1) is 43.5 Å². The molecule has 0 amide bonds. The lowest BCUT2D eigenvalue weighted by molar-refractivity contribution is 0.0338. The smallest absolute Gasteiger partial charge is 0.114 e. The minimum atomic E-state index is -0.551. The molecule has 0 radical (unpaired) electrons. The van der Waals surface area contributed by atoms with Crippen molar-refractivity contribution < 1.29 is 14.2 Å². The molecule has 0 spiro atoms. The van der Waals surface area contributed by atoms with E-state index in [1.165, 1.54) is 5.57 Å². The standard InChI is InChI=1S/C21H36ClFN6O2/c1-14-18(27-19(30)3-2-6-28-7-9-31-10-8-28)12-29-20(14)21(24-13-25-29)26-15-4-5-17(23)16(22)11-15/h5,15-16,18-19,21,24-27,30H,2-4,6-13H2,1H3/t15-,16-,18-,19-,21-/m1/s1. The Morgan fingerprint density at radius 3 is 2.97 bits per heavy atom. The van der Waals surface area contributed by atoms with Crippen molar-refractivity contribution in [1.82, 2.24) is 31.3 Å². The second-order valence-corrected chi connectivity index (χ2v) is 9.40. The molecule has 0 unspecified atom stereocenters. The molecule has 4 aliphatic rings. The summed E-state index contributed by atoms with van der Waals surface area (Å²) in [7, 11) is 0. The van der Waals surface area contributed by atoms with Gasteiger partial charge in [0, 0.05) is 19.1 Å². The second-order valence-electron chi connectivity index (χ2n) is 8.87. The highest BCUT2D eigenvalue weighted by Crippen LogP contribution is 2.28. The molecule has 8 nitrogen and oxygen atoms in total. The molecule has 1 aliphatic carbocycles. The van der Waals surface area contributed by atoms with E-state index in [1.807, 2.05) is 0 Å². The van der Waals surface area contributed by atoms with E-state index in [4.69, 9.17) is 16.3 Å². The van der Waals surface area contributed by atoms with Crippen LogP contribution in [0.15, 0.2) is 23.2 Å². The average molecular weight is 459 g/mol. The number of allylic oxidation sites excluding steroid dienone is 1. The fourth-order valence-electron chi connectivity index (χ4n) is 4.86. The number of hydrogen-bond donors (Lipinski definition) is 5. The first kappa shape index (κ1) is 23.4. The topological polar surface area (TPSA) is 84.1 Å². The van der Waals surface area contributed by atoms with Crippen LogP contribution in [0.5, 0.6) is 0 Å². The lowest BCUT2D eigenvalue weighted by Gasteiger charge is -2.38. The van der Waals surface area contributed by atoms with Crippen molar-refractivity contribution in [2.24, 2.45) is 0 Å². The number of halogens is 2. The molecule has 3 aliphatic heterocycles. The van der Waals surface area contributed by atoms with Gasteiger partial charge >= 0.3 is 0 Å². The van der Waals surface area contributed by atoms with Crippen LogP contribution in [0.3, 0.4) is 0 Å². The largest absolute Gasteiger partial charge is 0.379 e. The zero-order valence-corrected chi connectivity index (χ0v) is 19.0. The number of aliphatic hydroxyl groups excluding tert-OH is 1. The monoisotopic (exact) mass is 458 g/mol. The predicted molar refractivity (Wildman–Crippen MR) is 119 cm³/mol. The number of nitrogens with one attached hydrogen (secondary N) is 4. The van der Waals surface area contributed by atoms with Gasteiger partial charge in [-0.3, -0.25) is 20.9 Å². The molecule has 2 fully saturated rings. The second kappa shape index (κ2) is 10.9. The molecule has 5 N–H and O–H groups in total. The van der Waals surface area contributed by atoms with Gasteiger partial charge in [-0.2, -0.15) is 0 Å². The third-order valence-corrected chi connectivity index (χ3v) is 7.06. The van der Waals surface area contributed by atoms with E-state index < -0.39 is 11.6 Å². The Kier molecular flexibility index (Phi) is 8.22. The summed E-state index contributed by atoms with van der Waals surface area (Å²) in [5.74, 6) is -0.220. The molecule has 4 rings (SSSR count). The summed E-state index contributed by atoms with van der Waals surface area (Å²) in [5, 5.41) is 22.6. The Bertz CT molecular complexity index is 674. The number of rotatable bonds is 8. The summed E-state index contributed by atoms with van der Waals surface area (Å²) in [4.78, 5) is 2.39. The SMILES string of the molecule is CC1=C2[C@@H](N[C@@H]3CC=C(F)[C@H](Cl)C3)NCNN2C[C@H]1N[C@H](O)CCCN1CCOCC1. The third kappa shape index (κ3) is 5.97. The predicted octanol–water partition coefficient (Wildman–Crippen LogP) is 0.569. The Labute approximate surface area is 189 Å². The number of fused-ring (bicyclic) bond motifs is 1. The molecule has 31 heavy (non-hydrogen) atoms. The van der Waals surface area contributed by atoms with Gasteiger partial charge in [0.15, 0.2) is 0 Å². The molecular formula is C21H36ClFN6O2.